The Morgan fingerprint density at radius 1 is 1.00 bits per heavy atom. The van der Waals surface area contributed by atoms with E-state index >= 15 is 0 Å². The molecule has 0 atom stereocenters. The molecular formula is C23H18ClNO4S. The summed E-state index contributed by atoms with van der Waals surface area (Å²) in [5.41, 5.74) is 2.68. The van der Waals surface area contributed by atoms with E-state index in [9.17, 15) is 13.2 Å². The predicted octanol–water partition coefficient (Wildman–Crippen LogP) is 4.91. The molecule has 0 saturated heterocycles. The first kappa shape index (κ1) is 20.2. The molecule has 4 rings (SSSR count). The first-order chi connectivity index (χ1) is 14.4. The lowest BCUT2D eigenvalue weighted by Gasteiger charge is -2.07. The molecule has 7 heteroatoms. The number of nitrogens with zero attached hydrogens (tertiary/aromatic N) is 1. The average Bonchev–Trinajstić information content (AvgIpc) is 3.14. The standard InChI is InChI=1S/C23H18ClNO4S/c1-29-23(26)13-16-11-17(14-18(24)12-16)21-15-25(22-10-6-5-9-20(21)22)30(27,28)19-7-3-2-4-8-19/h2-12,14-15H,13H2,1H3. The third-order valence-corrected chi connectivity index (χ3v) is 6.73. The third kappa shape index (κ3) is 3.72. The number of benzene rings is 3. The number of carbonyl (C=O) groups excluding carboxylic acids is 1. The Hall–Kier alpha value is -3.09. The van der Waals surface area contributed by atoms with Gasteiger partial charge in [-0.3, -0.25) is 4.79 Å². The Labute approximate surface area is 179 Å². The molecule has 3 aromatic carbocycles. The highest BCUT2D eigenvalue weighted by Gasteiger charge is 2.22. The Bertz CT molecular complexity index is 1340. The van der Waals surface area contributed by atoms with Crippen molar-refractivity contribution in [1.82, 2.24) is 3.97 Å². The molecule has 0 unspecified atom stereocenters. The number of halogens is 1. The van der Waals surface area contributed by atoms with Crippen LogP contribution in [0.2, 0.25) is 5.02 Å². The predicted molar refractivity (Wildman–Crippen MR) is 117 cm³/mol. The number of methoxy groups -OCH3 is 1. The van der Waals surface area contributed by atoms with E-state index in [1.165, 1.54) is 11.1 Å². The van der Waals surface area contributed by atoms with Crippen LogP contribution in [0, 0.1) is 0 Å². The van der Waals surface area contributed by atoms with E-state index in [0.717, 1.165) is 10.9 Å². The van der Waals surface area contributed by atoms with Crippen LogP contribution in [0.3, 0.4) is 0 Å². The lowest BCUT2D eigenvalue weighted by atomic mass is 10.0. The molecule has 0 aliphatic heterocycles. The first-order valence-corrected chi connectivity index (χ1v) is 11.0. The zero-order valence-electron chi connectivity index (χ0n) is 16.1. The fourth-order valence-corrected chi connectivity index (χ4v) is 5.08. The van der Waals surface area contributed by atoms with E-state index in [4.69, 9.17) is 16.3 Å². The van der Waals surface area contributed by atoms with Crippen molar-refractivity contribution in [2.24, 2.45) is 0 Å². The van der Waals surface area contributed by atoms with Crippen molar-refractivity contribution in [3.63, 3.8) is 0 Å². The van der Waals surface area contributed by atoms with Gasteiger partial charge in [-0.25, -0.2) is 12.4 Å². The molecule has 0 spiro atoms. The first-order valence-electron chi connectivity index (χ1n) is 9.17. The summed E-state index contributed by atoms with van der Waals surface area (Å²) in [5.74, 6) is -0.377. The highest BCUT2D eigenvalue weighted by atomic mass is 35.5. The smallest absolute Gasteiger partial charge is 0.309 e. The molecule has 5 nitrogen and oxygen atoms in total. The van der Waals surface area contributed by atoms with Gasteiger partial charge in [-0.1, -0.05) is 54.1 Å². The topological polar surface area (TPSA) is 65.4 Å². The summed E-state index contributed by atoms with van der Waals surface area (Å²) in [4.78, 5) is 11.9. The summed E-state index contributed by atoms with van der Waals surface area (Å²) < 4.78 is 32.6. The van der Waals surface area contributed by atoms with Crippen molar-refractivity contribution >= 4 is 38.5 Å². The number of rotatable bonds is 5. The number of para-hydroxylation sites is 1. The molecule has 4 aromatic rings. The van der Waals surface area contributed by atoms with E-state index in [1.807, 2.05) is 18.2 Å². The number of hydrogen-bond donors (Lipinski definition) is 0. The van der Waals surface area contributed by atoms with Crippen molar-refractivity contribution in [1.29, 1.82) is 0 Å². The second kappa shape index (κ2) is 7.97. The van der Waals surface area contributed by atoms with Gasteiger partial charge >= 0.3 is 5.97 Å². The second-order valence-corrected chi connectivity index (χ2v) is 9.03. The van der Waals surface area contributed by atoms with Gasteiger partial charge in [-0.05, 0) is 41.5 Å². The molecule has 0 N–H and O–H groups in total. The van der Waals surface area contributed by atoms with Crippen LogP contribution in [0.15, 0.2) is 83.9 Å². The Morgan fingerprint density at radius 3 is 2.43 bits per heavy atom. The van der Waals surface area contributed by atoms with Crippen molar-refractivity contribution in [2.75, 3.05) is 7.11 Å². The summed E-state index contributed by atoms with van der Waals surface area (Å²) in [6, 6.07) is 20.8. The molecule has 0 bridgehead atoms. The molecule has 1 aromatic heterocycles. The minimum Gasteiger partial charge on any atom is -0.469 e. The lowest BCUT2D eigenvalue weighted by molar-refractivity contribution is -0.139. The molecule has 0 amide bonds. The van der Waals surface area contributed by atoms with E-state index < -0.39 is 10.0 Å². The maximum atomic E-state index is 13.3. The van der Waals surface area contributed by atoms with Crippen LogP contribution >= 0.6 is 11.6 Å². The summed E-state index contributed by atoms with van der Waals surface area (Å²) in [5, 5.41) is 1.22. The SMILES string of the molecule is COC(=O)Cc1cc(Cl)cc(-c2cn(S(=O)(=O)c3ccccc3)c3ccccc23)c1. The zero-order valence-corrected chi connectivity index (χ0v) is 17.7. The number of esters is 1. The highest BCUT2D eigenvalue weighted by molar-refractivity contribution is 7.90. The van der Waals surface area contributed by atoms with Crippen molar-refractivity contribution < 1.29 is 17.9 Å². The molecule has 0 radical (unpaired) electrons. The average molecular weight is 440 g/mol. The van der Waals surface area contributed by atoms with Gasteiger partial charge in [0.2, 0.25) is 0 Å². The maximum Gasteiger partial charge on any atom is 0.309 e. The normalized spacial score (nSPS) is 11.5. The Kier molecular flexibility index (Phi) is 5.37. The summed E-state index contributed by atoms with van der Waals surface area (Å²) in [7, 11) is -2.46. The Balaban J connectivity index is 1.92. The molecule has 1 heterocycles. The van der Waals surface area contributed by atoms with E-state index in [1.54, 1.807) is 60.8 Å². The zero-order chi connectivity index (χ0) is 21.3. The molecule has 0 aliphatic carbocycles. The molecule has 30 heavy (non-hydrogen) atoms. The van der Waals surface area contributed by atoms with Crippen LogP contribution in [0.1, 0.15) is 5.56 Å². The van der Waals surface area contributed by atoms with Crippen molar-refractivity contribution in [3.05, 3.63) is 89.6 Å². The number of fused-ring (bicyclic) bond motifs is 1. The van der Waals surface area contributed by atoms with E-state index in [0.29, 0.717) is 21.7 Å². The summed E-state index contributed by atoms with van der Waals surface area (Å²) in [6.07, 6.45) is 1.67. The van der Waals surface area contributed by atoms with Crippen molar-refractivity contribution in [2.45, 2.75) is 11.3 Å². The van der Waals surface area contributed by atoms with Crippen molar-refractivity contribution in [3.8, 4) is 11.1 Å². The minimum absolute atomic E-state index is 0.0744. The van der Waals surface area contributed by atoms with E-state index in [2.05, 4.69) is 0 Å². The third-order valence-electron chi connectivity index (χ3n) is 4.82. The second-order valence-electron chi connectivity index (χ2n) is 6.77. The van der Waals surface area contributed by atoms with Crippen LogP contribution in [-0.4, -0.2) is 25.5 Å². The van der Waals surface area contributed by atoms with Gasteiger partial charge in [0, 0.05) is 22.2 Å². The van der Waals surface area contributed by atoms with Gasteiger partial charge in [-0.2, -0.15) is 0 Å². The van der Waals surface area contributed by atoms with Gasteiger partial charge in [0.05, 0.1) is 23.9 Å². The van der Waals surface area contributed by atoms with Crippen LogP contribution in [-0.2, 0) is 26.0 Å². The van der Waals surface area contributed by atoms with Crippen LogP contribution in [0.25, 0.3) is 22.0 Å². The largest absolute Gasteiger partial charge is 0.469 e. The fraction of sp³-hybridized carbons (Fsp3) is 0.0870. The molecule has 0 fully saturated rings. The molecule has 0 aliphatic rings. The Morgan fingerprint density at radius 2 is 1.70 bits per heavy atom. The van der Waals surface area contributed by atoms with Gasteiger partial charge in [-0.15, -0.1) is 0 Å². The van der Waals surface area contributed by atoms with Gasteiger partial charge < -0.3 is 4.74 Å². The minimum atomic E-state index is -3.79. The number of hydrogen-bond acceptors (Lipinski definition) is 4. The quantitative estimate of drug-likeness (QED) is 0.414. The van der Waals surface area contributed by atoms with Crippen LogP contribution in [0.4, 0.5) is 0 Å². The summed E-state index contributed by atoms with van der Waals surface area (Å²) >= 11 is 6.29. The molecule has 152 valence electrons. The molecular weight excluding hydrogens is 422 g/mol. The maximum absolute atomic E-state index is 13.3. The van der Waals surface area contributed by atoms with Crippen LogP contribution in [0.5, 0.6) is 0 Å². The van der Waals surface area contributed by atoms with E-state index in [-0.39, 0.29) is 17.3 Å². The summed E-state index contributed by atoms with van der Waals surface area (Å²) in [6.45, 7) is 0. The fourth-order valence-electron chi connectivity index (χ4n) is 3.43. The van der Waals surface area contributed by atoms with Gasteiger partial charge in [0.25, 0.3) is 10.0 Å². The number of aromatic nitrogens is 1. The number of carbonyl (C=O) groups is 1. The molecule has 0 saturated carbocycles. The number of ether oxygens (including phenoxy) is 1. The van der Waals surface area contributed by atoms with Gasteiger partial charge in [0.1, 0.15) is 0 Å². The highest BCUT2D eigenvalue weighted by Crippen LogP contribution is 2.34. The monoisotopic (exact) mass is 439 g/mol. The lowest BCUT2D eigenvalue weighted by Crippen LogP contribution is -2.11. The van der Waals surface area contributed by atoms with Gasteiger partial charge in [0.15, 0.2) is 0 Å². The van der Waals surface area contributed by atoms with Crippen LogP contribution < -0.4 is 0 Å².